The molecule has 0 atom stereocenters. The van der Waals surface area contributed by atoms with Gasteiger partial charge in [0.25, 0.3) is 0 Å². The maximum atomic E-state index is 11.9. The summed E-state index contributed by atoms with van der Waals surface area (Å²) in [6.45, 7) is 8.79. The number of hydrogen-bond donors (Lipinski definition) is 3. The van der Waals surface area contributed by atoms with E-state index in [1.54, 1.807) is 6.07 Å². The minimum Gasteiger partial charge on any atom is -0.508 e. The quantitative estimate of drug-likeness (QED) is 0.298. The molecule has 4 nitrogen and oxygen atoms in total. The average Bonchev–Trinajstić information content (AvgIpc) is 2.62. The molecule has 162 valence electrons. The van der Waals surface area contributed by atoms with E-state index in [1.165, 1.54) is 30.4 Å². The summed E-state index contributed by atoms with van der Waals surface area (Å²) in [7, 11) is 0. The first-order chi connectivity index (χ1) is 13.7. The van der Waals surface area contributed by atoms with Crippen LogP contribution in [0.25, 0.3) is 0 Å². The Labute approximate surface area is 175 Å². The maximum absolute atomic E-state index is 11.9. The summed E-state index contributed by atoms with van der Waals surface area (Å²) in [4.78, 5) is 11.9. The van der Waals surface area contributed by atoms with E-state index in [0.29, 0.717) is 24.0 Å². The first kappa shape index (κ1) is 23.3. The Morgan fingerprint density at radius 3 is 2.38 bits per heavy atom. The number of aromatic carboxylic acids is 1. The highest BCUT2D eigenvalue weighted by atomic mass is 16.4. The summed E-state index contributed by atoms with van der Waals surface area (Å²) in [5, 5.41) is 31.1. The molecular formula is C25H38O4. The lowest BCUT2D eigenvalue weighted by Crippen LogP contribution is -2.18. The Morgan fingerprint density at radius 2 is 1.76 bits per heavy atom. The highest BCUT2D eigenvalue weighted by molar-refractivity contribution is 5.93. The number of hydrogen-bond acceptors (Lipinski definition) is 3. The van der Waals surface area contributed by atoms with Gasteiger partial charge < -0.3 is 15.3 Å². The third kappa shape index (κ3) is 6.25. The molecule has 0 aliphatic heterocycles. The van der Waals surface area contributed by atoms with Crippen LogP contribution in [0.1, 0.15) is 107 Å². The molecule has 1 aliphatic carbocycles. The van der Waals surface area contributed by atoms with Gasteiger partial charge in [-0.25, -0.2) is 4.79 Å². The van der Waals surface area contributed by atoms with Gasteiger partial charge in [-0.1, -0.05) is 64.0 Å². The average molecular weight is 403 g/mol. The topological polar surface area (TPSA) is 77.8 Å². The first-order valence-corrected chi connectivity index (χ1v) is 11.1. The fourth-order valence-electron chi connectivity index (χ4n) is 4.54. The van der Waals surface area contributed by atoms with E-state index in [0.717, 1.165) is 38.5 Å². The van der Waals surface area contributed by atoms with Gasteiger partial charge in [-0.15, -0.1) is 0 Å². The van der Waals surface area contributed by atoms with E-state index in [9.17, 15) is 20.1 Å². The standard InChI is InChI=1S/C25H38O4/c1-5-6-7-8-9-10-11-19-15-21(26)20(23(27)22(19)24(28)29)14-18-12-13-25(3,4)16-17(18)2/h15,26-27H,5-14,16H2,1-4H3,(H,28,29). The third-order valence-electron chi connectivity index (χ3n) is 6.32. The number of carbonyl (C=O) groups is 1. The lowest BCUT2D eigenvalue weighted by Gasteiger charge is -2.32. The van der Waals surface area contributed by atoms with Gasteiger partial charge in [0.15, 0.2) is 0 Å². The molecular weight excluding hydrogens is 364 g/mol. The molecule has 0 spiro atoms. The molecule has 0 heterocycles. The van der Waals surface area contributed by atoms with Crippen LogP contribution in [0.3, 0.4) is 0 Å². The monoisotopic (exact) mass is 402 g/mol. The second-order valence-electron chi connectivity index (χ2n) is 9.48. The highest BCUT2D eigenvalue weighted by Gasteiger charge is 2.27. The fraction of sp³-hybridized carbons (Fsp3) is 0.640. The molecule has 1 aromatic rings. The van der Waals surface area contributed by atoms with Gasteiger partial charge in [0, 0.05) is 12.0 Å². The lowest BCUT2D eigenvalue weighted by molar-refractivity contribution is 0.0692. The van der Waals surface area contributed by atoms with Gasteiger partial charge in [0.2, 0.25) is 0 Å². The van der Waals surface area contributed by atoms with Crippen LogP contribution in [0, 0.1) is 5.41 Å². The molecule has 0 unspecified atom stereocenters. The fourth-order valence-corrected chi connectivity index (χ4v) is 4.54. The molecule has 1 aromatic carbocycles. The first-order valence-electron chi connectivity index (χ1n) is 11.1. The second-order valence-corrected chi connectivity index (χ2v) is 9.48. The van der Waals surface area contributed by atoms with Crippen molar-refractivity contribution in [3.05, 3.63) is 33.9 Å². The van der Waals surface area contributed by atoms with E-state index in [-0.39, 0.29) is 22.5 Å². The number of phenols is 2. The van der Waals surface area contributed by atoms with E-state index in [4.69, 9.17) is 0 Å². The number of rotatable bonds is 10. The highest BCUT2D eigenvalue weighted by Crippen LogP contribution is 2.42. The van der Waals surface area contributed by atoms with Crippen LogP contribution in [0.4, 0.5) is 0 Å². The van der Waals surface area contributed by atoms with Crippen LogP contribution in [-0.4, -0.2) is 21.3 Å². The minimum absolute atomic E-state index is 0.0126. The molecule has 0 saturated carbocycles. The largest absolute Gasteiger partial charge is 0.508 e. The van der Waals surface area contributed by atoms with Crippen molar-refractivity contribution in [2.75, 3.05) is 0 Å². The maximum Gasteiger partial charge on any atom is 0.339 e. The van der Waals surface area contributed by atoms with Gasteiger partial charge in [-0.2, -0.15) is 0 Å². The van der Waals surface area contributed by atoms with Crippen LogP contribution in [0.2, 0.25) is 0 Å². The predicted octanol–water partition coefficient (Wildman–Crippen LogP) is 6.77. The molecule has 1 aliphatic rings. The zero-order chi connectivity index (χ0) is 21.6. The number of carboxylic acid groups (broad SMARTS) is 1. The Bertz CT molecular complexity index is 759. The van der Waals surface area contributed by atoms with Crippen LogP contribution in [-0.2, 0) is 12.8 Å². The van der Waals surface area contributed by atoms with Gasteiger partial charge in [0.05, 0.1) is 0 Å². The third-order valence-corrected chi connectivity index (χ3v) is 6.32. The lowest BCUT2D eigenvalue weighted by atomic mass is 9.73. The molecule has 29 heavy (non-hydrogen) atoms. The van der Waals surface area contributed by atoms with Crippen molar-refractivity contribution in [3.63, 3.8) is 0 Å². The van der Waals surface area contributed by atoms with Crippen LogP contribution in [0.5, 0.6) is 11.5 Å². The minimum atomic E-state index is -1.12. The summed E-state index contributed by atoms with van der Waals surface area (Å²) in [5.74, 6) is -1.37. The second kappa shape index (κ2) is 10.2. The number of aryl methyl sites for hydroxylation is 1. The number of carboxylic acids is 1. The SMILES string of the molecule is CCCCCCCCc1cc(O)c(CC2=C(C)CC(C)(C)CC2)c(O)c1C(=O)O. The molecule has 0 amide bonds. The molecule has 0 bridgehead atoms. The van der Waals surface area contributed by atoms with E-state index >= 15 is 0 Å². The zero-order valence-corrected chi connectivity index (χ0v) is 18.6. The Hall–Kier alpha value is -1.97. The smallest absolute Gasteiger partial charge is 0.339 e. The normalized spacial score (nSPS) is 16.3. The van der Waals surface area contributed by atoms with Crippen LogP contribution in [0.15, 0.2) is 17.2 Å². The number of phenolic OH excluding ortho intramolecular Hbond substituents is 1. The van der Waals surface area contributed by atoms with Gasteiger partial charge in [-0.3, -0.25) is 0 Å². The number of allylic oxidation sites excluding steroid dienone is 2. The molecule has 3 N–H and O–H groups in total. The Kier molecular flexibility index (Phi) is 8.18. The molecule has 0 radical (unpaired) electrons. The zero-order valence-electron chi connectivity index (χ0n) is 18.6. The van der Waals surface area contributed by atoms with Crippen molar-refractivity contribution in [1.29, 1.82) is 0 Å². The molecule has 4 heteroatoms. The van der Waals surface area contributed by atoms with Gasteiger partial charge in [0.1, 0.15) is 17.1 Å². The number of unbranched alkanes of at least 4 members (excludes halogenated alkanes) is 5. The van der Waals surface area contributed by atoms with Crippen molar-refractivity contribution in [2.24, 2.45) is 5.41 Å². The molecule has 0 fully saturated rings. The number of benzene rings is 1. The summed E-state index contributed by atoms with van der Waals surface area (Å²) in [6, 6.07) is 1.56. The van der Waals surface area contributed by atoms with Crippen molar-refractivity contribution >= 4 is 5.97 Å². The summed E-state index contributed by atoms with van der Waals surface area (Å²) < 4.78 is 0. The van der Waals surface area contributed by atoms with E-state index in [1.807, 2.05) is 0 Å². The number of aromatic hydroxyl groups is 2. The van der Waals surface area contributed by atoms with Crippen molar-refractivity contribution < 1.29 is 20.1 Å². The molecule has 2 rings (SSSR count). The Balaban J connectivity index is 2.21. The van der Waals surface area contributed by atoms with Crippen LogP contribution >= 0.6 is 0 Å². The van der Waals surface area contributed by atoms with E-state index in [2.05, 4.69) is 27.7 Å². The van der Waals surface area contributed by atoms with Gasteiger partial charge >= 0.3 is 5.97 Å². The Morgan fingerprint density at radius 1 is 1.10 bits per heavy atom. The van der Waals surface area contributed by atoms with Crippen molar-refractivity contribution in [2.45, 2.75) is 98.3 Å². The van der Waals surface area contributed by atoms with Gasteiger partial charge in [-0.05, 0) is 56.1 Å². The summed E-state index contributed by atoms with van der Waals surface area (Å²) >= 11 is 0. The summed E-state index contributed by atoms with van der Waals surface area (Å²) in [6.07, 6.45) is 10.6. The van der Waals surface area contributed by atoms with Crippen molar-refractivity contribution in [1.82, 2.24) is 0 Å². The molecule has 0 aromatic heterocycles. The predicted molar refractivity (Wildman–Crippen MR) is 118 cm³/mol. The molecule has 0 saturated heterocycles. The van der Waals surface area contributed by atoms with Crippen molar-refractivity contribution in [3.8, 4) is 11.5 Å². The van der Waals surface area contributed by atoms with Crippen LogP contribution < -0.4 is 0 Å². The van der Waals surface area contributed by atoms with E-state index < -0.39 is 5.97 Å². The summed E-state index contributed by atoms with van der Waals surface area (Å²) in [5.41, 5.74) is 3.60.